The third kappa shape index (κ3) is 8.85. The molecule has 4 saturated carbocycles. The number of alkyl halides is 4. The quantitative estimate of drug-likeness (QED) is 0.129. The Balaban J connectivity index is 0.962. The number of aromatic nitrogens is 2. The molecule has 15 nitrogen and oxygen atoms in total. The number of amides is 4. The minimum absolute atomic E-state index is 0.0816. The second-order valence-corrected chi connectivity index (χ2v) is 21.6. The predicted molar refractivity (Wildman–Crippen MR) is 217 cm³/mol. The number of hydrogen-bond donors (Lipinski definition) is 4. The van der Waals surface area contributed by atoms with Crippen LogP contribution in [0.4, 0.5) is 22.4 Å². The Hall–Kier alpha value is -4.49. The number of rotatable bonds is 16. The number of hydrogen-bond acceptors (Lipinski definition) is 10. The molecule has 1 aromatic heterocycles. The number of H-pyrrole nitrogens is 1. The number of halogens is 4. The Labute approximate surface area is 357 Å². The summed E-state index contributed by atoms with van der Waals surface area (Å²) in [7, 11) is -2.76. The van der Waals surface area contributed by atoms with Crippen molar-refractivity contribution in [3.63, 3.8) is 0 Å². The SMILES string of the molecule is COc1ccc2nc(C(F)(F)CCCC[C@@H]3[C@H]4C[C@H]4C[C@H]3OC(=O)N[C@H](C(=O)N3CC[C@@H](C)[C@H]3C(=O)N[C@]3(C(=O)NS(=O)(=O)C4(C)CC4)C[C@H]3C(F)F)C(C)(C)C)c(=O)[nH]c2c1. The summed E-state index contributed by atoms with van der Waals surface area (Å²) in [4.78, 5) is 75.4. The van der Waals surface area contributed by atoms with E-state index in [1.807, 2.05) is 4.72 Å². The number of fused-ring (bicyclic) bond motifs is 2. The maximum Gasteiger partial charge on any atom is 0.408 e. The number of carbonyl (C=O) groups excluding carboxylic acids is 4. The minimum atomic E-state index is -4.21. The summed E-state index contributed by atoms with van der Waals surface area (Å²) in [5.74, 6) is -7.45. The molecule has 62 heavy (non-hydrogen) atoms. The summed E-state index contributed by atoms with van der Waals surface area (Å²) in [6.45, 7) is 8.35. The maximum atomic E-state index is 15.4. The lowest BCUT2D eigenvalue weighted by atomic mass is 9.85. The number of aromatic amines is 1. The topological polar surface area (TPSA) is 206 Å². The van der Waals surface area contributed by atoms with Crippen molar-refractivity contribution in [2.45, 2.75) is 140 Å². The lowest BCUT2D eigenvalue weighted by Crippen LogP contribution is -2.61. The molecule has 7 rings (SSSR count). The van der Waals surface area contributed by atoms with Crippen LogP contribution in [-0.4, -0.2) is 95.7 Å². The number of alkyl carbamates (subject to hydrolysis) is 1. The molecule has 2 aromatic rings. The number of carbonyl (C=O) groups is 4. The van der Waals surface area contributed by atoms with Gasteiger partial charge in [-0.1, -0.05) is 34.1 Å². The third-order valence-electron chi connectivity index (χ3n) is 13.8. The highest BCUT2D eigenvalue weighted by molar-refractivity contribution is 7.91. The summed E-state index contributed by atoms with van der Waals surface area (Å²) >= 11 is 0. The van der Waals surface area contributed by atoms with Crippen LogP contribution in [0.3, 0.4) is 0 Å². The molecule has 1 aromatic carbocycles. The monoisotopic (exact) mass is 896 g/mol. The highest BCUT2D eigenvalue weighted by atomic mass is 32.2. The fourth-order valence-electron chi connectivity index (χ4n) is 9.46. The molecule has 20 heteroatoms. The molecule has 5 aliphatic rings. The van der Waals surface area contributed by atoms with Crippen molar-refractivity contribution in [2.75, 3.05) is 13.7 Å². The van der Waals surface area contributed by atoms with E-state index in [-0.39, 0.29) is 35.8 Å². The molecule has 1 aliphatic heterocycles. The number of ether oxygens (including phenoxy) is 2. The van der Waals surface area contributed by atoms with Crippen LogP contribution < -0.4 is 25.7 Å². The van der Waals surface area contributed by atoms with E-state index in [9.17, 15) is 41.2 Å². The van der Waals surface area contributed by atoms with E-state index in [4.69, 9.17) is 9.47 Å². The summed E-state index contributed by atoms with van der Waals surface area (Å²) in [6.07, 6.45) is -2.13. The van der Waals surface area contributed by atoms with Crippen molar-refractivity contribution < 1.29 is 54.6 Å². The van der Waals surface area contributed by atoms with Crippen LogP contribution in [0.5, 0.6) is 5.75 Å². The molecule has 0 spiro atoms. The van der Waals surface area contributed by atoms with Crippen molar-refractivity contribution >= 4 is 44.9 Å². The molecule has 0 radical (unpaired) electrons. The van der Waals surface area contributed by atoms with Crippen molar-refractivity contribution in [3.8, 4) is 5.75 Å². The van der Waals surface area contributed by atoms with E-state index in [0.29, 0.717) is 50.2 Å². The fourth-order valence-corrected chi connectivity index (χ4v) is 10.8. The van der Waals surface area contributed by atoms with E-state index in [1.165, 1.54) is 31.1 Å². The van der Waals surface area contributed by atoms with E-state index in [2.05, 4.69) is 20.6 Å². The molecule has 0 unspecified atom stereocenters. The lowest BCUT2D eigenvalue weighted by Gasteiger charge is -2.36. The Bertz CT molecular complexity index is 2280. The minimum Gasteiger partial charge on any atom is -0.497 e. The van der Waals surface area contributed by atoms with Crippen molar-refractivity contribution in [1.29, 1.82) is 0 Å². The average molecular weight is 897 g/mol. The van der Waals surface area contributed by atoms with E-state index >= 15 is 8.78 Å². The first kappa shape index (κ1) is 45.5. The Kier molecular flexibility index (Phi) is 11.9. The van der Waals surface area contributed by atoms with Gasteiger partial charge in [0.1, 0.15) is 29.5 Å². The molecule has 2 heterocycles. The molecule has 5 fully saturated rings. The molecular formula is C42H56F4N6O9S. The highest BCUT2D eigenvalue weighted by Crippen LogP contribution is 2.58. The third-order valence-corrected chi connectivity index (χ3v) is 16.0. The summed E-state index contributed by atoms with van der Waals surface area (Å²) in [5.41, 5.74) is -4.46. The van der Waals surface area contributed by atoms with Crippen molar-refractivity contribution in [3.05, 3.63) is 34.2 Å². The van der Waals surface area contributed by atoms with Crippen molar-refractivity contribution in [1.82, 2.24) is 30.2 Å². The van der Waals surface area contributed by atoms with Gasteiger partial charge in [-0.2, -0.15) is 8.78 Å². The van der Waals surface area contributed by atoms with Gasteiger partial charge >= 0.3 is 6.09 Å². The van der Waals surface area contributed by atoms with Crippen LogP contribution in [0.1, 0.15) is 105 Å². The fraction of sp³-hybridized carbons (Fsp3) is 0.714. The molecule has 4 aliphatic carbocycles. The normalized spacial score (nSPS) is 29.1. The average Bonchev–Trinajstić information content (AvgIpc) is 4.14. The first-order valence-corrected chi connectivity index (χ1v) is 22.8. The first-order valence-electron chi connectivity index (χ1n) is 21.3. The van der Waals surface area contributed by atoms with Crippen LogP contribution in [0.2, 0.25) is 0 Å². The highest BCUT2D eigenvalue weighted by Gasteiger charge is 2.67. The molecule has 9 atom stereocenters. The number of benzene rings is 1. The van der Waals surface area contributed by atoms with Gasteiger partial charge in [-0.25, -0.2) is 27.0 Å². The van der Waals surface area contributed by atoms with Crippen LogP contribution in [-0.2, 0) is 35.1 Å². The summed E-state index contributed by atoms with van der Waals surface area (Å²) < 4.78 is 96.2. The predicted octanol–water partition coefficient (Wildman–Crippen LogP) is 5.12. The van der Waals surface area contributed by atoms with Gasteiger partial charge in [-0.3, -0.25) is 23.9 Å². The van der Waals surface area contributed by atoms with Gasteiger partial charge in [0, 0.05) is 19.0 Å². The summed E-state index contributed by atoms with van der Waals surface area (Å²) in [5, 5.41) is 5.12. The van der Waals surface area contributed by atoms with Gasteiger partial charge in [0.25, 0.3) is 17.4 Å². The lowest BCUT2D eigenvalue weighted by molar-refractivity contribution is -0.143. The molecule has 4 amide bonds. The van der Waals surface area contributed by atoms with Crippen LogP contribution >= 0.6 is 0 Å². The number of methoxy groups -OCH3 is 1. The van der Waals surface area contributed by atoms with Crippen LogP contribution in [0, 0.1) is 35.0 Å². The molecule has 4 N–H and O–H groups in total. The zero-order chi connectivity index (χ0) is 45.3. The number of likely N-dealkylation sites (tertiary alicyclic amines) is 1. The van der Waals surface area contributed by atoms with Gasteiger partial charge < -0.3 is 30.0 Å². The standard InChI is InChI=1S/C42H56F4N6O9S/c1-21-12-16-52(30(21)34(53)50-41(20-26(41)33(43)44)37(56)51-62(58,59)40(5)14-15-40)36(55)32(39(2,3)4)49-38(57)61-29-18-22-17-25(22)24(29)9-7-8-13-42(45,46)31-35(54)48-28-19-23(60-6)10-11-27(28)47-31/h10-11,19,21-22,24-26,29-30,32-33H,7-9,12-18,20H2,1-6H3,(H,48,54)(H,49,57)(H,50,53)(H,51,56)/t21-,22+,24-,25+,26+,29-,30+,32-,41-/m1/s1. The molecule has 0 bridgehead atoms. The van der Waals surface area contributed by atoms with E-state index in [1.54, 1.807) is 33.8 Å². The number of sulfonamides is 1. The van der Waals surface area contributed by atoms with Crippen LogP contribution in [0.25, 0.3) is 11.0 Å². The molecular weight excluding hydrogens is 841 g/mol. The van der Waals surface area contributed by atoms with Gasteiger partial charge in [0.15, 0.2) is 5.69 Å². The molecule has 342 valence electrons. The first-order chi connectivity index (χ1) is 28.9. The maximum absolute atomic E-state index is 15.4. The smallest absolute Gasteiger partial charge is 0.408 e. The Morgan fingerprint density at radius 3 is 2.44 bits per heavy atom. The van der Waals surface area contributed by atoms with Gasteiger partial charge in [-0.15, -0.1) is 0 Å². The van der Waals surface area contributed by atoms with Crippen molar-refractivity contribution in [2.24, 2.45) is 35.0 Å². The zero-order valence-corrected chi connectivity index (χ0v) is 36.5. The van der Waals surface area contributed by atoms with E-state index < -0.39 is 116 Å². The van der Waals surface area contributed by atoms with Gasteiger partial charge in [-0.05, 0) is 99.5 Å². The Morgan fingerprint density at radius 2 is 1.81 bits per heavy atom. The second kappa shape index (κ2) is 16.3. The van der Waals surface area contributed by atoms with Gasteiger partial charge in [0.2, 0.25) is 28.3 Å². The van der Waals surface area contributed by atoms with E-state index in [0.717, 1.165) is 6.42 Å². The summed E-state index contributed by atoms with van der Waals surface area (Å²) in [6, 6.07) is 2.13. The Morgan fingerprint density at radius 1 is 1.10 bits per heavy atom. The largest absolute Gasteiger partial charge is 0.497 e. The number of unbranched alkanes of at least 4 members (excludes halogenated alkanes) is 1. The van der Waals surface area contributed by atoms with Gasteiger partial charge in [0.05, 0.1) is 28.8 Å². The number of nitrogens with one attached hydrogen (secondary N) is 4. The number of nitrogens with zero attached hydrogens (tertiary/aromatic N) is 2. The zero-order valence-electron chi connectivity index (χ0n) is 35.7. The van der Waals surface area contributed by atoms with Crippen LogP contribution in [0.15, 0.2) is 23.0 Å². The second-order valence-electron chi connectivity index (χ2n) is 19.4. The molecule has 1 saturated heterocycles.